The van der Waals surface area contributed by atoms with E-state index in [1.165, 1.54) is 0 Å². The third kappa shape index (κ3) is 3.61. The third-order valence-electron chi connectivity index (χ3n) is 1.75. The Morgan fingerprint density at radius 1 is 1.11 bits per heavy atom. The fourth-order valence-corrected chi connectivity index (χ4v) is 1.06. The van der Waals surface area contributed by atoms with Gasteiger partial charge >= 0.3 is 6.18 Å². The summed E-state index contributed by atoms with van der Waals surface area (Å²) in [6, 6.07) is 1.72. The van der Waals surface area contributed by atoms with E-state index in [1.54, 1.807) is 0 Å². The van der Waals surface area contributed by atoms with Crippen molar-refractivity contribution < 1.29 is 17.6 Å². The van der Waals surface area contributed by atoms with E-state index in [2.05, 4.69) is 9.98 Å². The highest BCUT2D eigenvalue weighted by Gasteiger charge is 2.31. The first-order valence-electron chi connectivity index (χ1n) is 4.50. The standard InChI is InChI=1S/C9H9F4N5/c10-5-2-1-4(9(11,12)13)3-6(5)17-8(16)18-7(14)15/h1-3H,(H6,14,15,16,17,18). The number of nitrogens with two attached hydrogens (primary N) is 3. The molecular weight excluding hydrogens is 254 g/mol. The van der Waals surface area contributed by atoms with E-state index in [4.69, 9.17) is 17.2 Å². The topological polar surface area (TPSA) is 103 Å². The Bertz CT molecular complexity index is 502. The molecule has 1 rings (SSSR count). The van der Waals surface area contributed by atoms with Crippen molar-refractivity contribution in [1.82, 2.24) is 0 Å². The maximum absolute atomic E-state index is 13.2. The fourth-order valence-electron chi connectivity index (χ4n) is 1.06. The molecule has 0 amide bonds. The lowest BCUT2D eigenvalue weighted by atomic mass is 10.2. The number of hydrogen-bond acceptors (Lipinski definition) is 1. The summed E-state index contributed by atoms with van der Waals surface area (Å²) in [6.45, 7) is 0. The average molecular weight is 263 g/mol. The predicted octanol–water partition coefficient (Wildman–Crippen LogP) is 1.06. The van der Waals surface area contributed by atoms with E-state index in [-0.39, 0.29) is 0 Å². The van der Waals surface area contributed by atoms with Gasteiger partial charge in [0.15, 0.2) is 5.96 Å². The van der Waals surface area contributed by atoms with Crippen molar-refractivity contribution in [1.29, 1.82) is 0 Å². The zero-order chi connectivity index (χ0) is 13.9. The van der Waals surface area contributed by atoms with Crippen LogP contribution in [0, 0.1) is 5.82 Å². The first-order chi connectivity index (χ1) is 8.20. The molecule has 9 heteroatoms. The summed E-state index contributed by atoms with van der Waals surface area (Å²) < 4.78 is 50.3. The molecule has 0 saturated heterocycles. The minimum Gasteiger partial charge on any atom is -0.370 e. The van der Waals surface area contributed by atoms with Crippen LogP contribution in [0.5, 0.6) is 0 Å². The number of rotatable bonds is 1. The molecule has 6 N–H and O–H groups in total. The van der Waals surface area contributed by atoms with Gasteiger partial charge in [0, 0.05) is 0 Å². The van der Waals surface area contributed by atoms with Crippen molar-refractivity contribution in [3.63, 3.8) is 0 Å². The van der Waals surface area contributed by atoms with Gasteiger partial charge in [-0.05, 0) is 18.2 Å². The monoisotopic (exact) mass is 263 g/mol. The molecule has 18 heavy (non-hydrogen) atoms. The Kier molecular flexibility index (Phi) is 3.74. The molecule has 0 fully saturated rings. The molecule has 0 aliphatic rings. The van der Waals surface area contributed by atoms with Gasteiger partial charge in [0.25, 0.3) is 0 Å². The lowest BCUT2D eigenvalue weighted by Gasteiger charge is -2.07. The van der Waals surface area contributed by atoms with E-state index in [0.717, 1.165) is 0 Å². The normalized spacial score (nSPS) is 12.3. The molecule has 98 valence electrons. The van der Waals surface area contributed by atoms with Gasteiger partial charge in [0.1, 0.15) is 11.5 Å². The highest BCUT2D eigenvalue weighted by molar-refractivity contribution is 5.93. The van der Waals surface area contributed by atoms with Crippen LogP contribution in [0.15, 0.2) is 28.2 Å². The highest BCUT2D eigenvalue weighted by Crippen LogP contribution is 2.32. The molecule has 0 radical (unpaired) electrons. The number of benzene rings is 1. The van der Waals surface area contributed by atoms with Crippen LogP contribution in [-0.4, -0.2) is 11.9 Å². The summed E-state index contributed by atoms with van der Waals surface area (Å²) >= 11 is 0. The summed E-state index contributed by atoms with van der Waals surface area (Å²) in [6.07, 6.45) is -4.61. The Morgan fingerprint density at radius 2 is 1.72 bits per heavy atom. The summed E-state index contributed by atoms with van der Waals surface area (Å²) in [5.74, 6) is -1.96. The fraction of sp³-hybridized carbons (Fsp3) is 0.111. The van der Waals surface area contributed by atoms with E-state index in [0.29, 0.717) is 18.2 Å². The summed E-state index contributed by atoms with van der Waals surface area (Å²) in [5, 5.41) is 0. The maximum Gasteiger partial charge on any atom is 0.416 e. The Morgan fingerprint density at radius 3 is 2.22 bits per heavy atom. The molecule has 0 heterocycles. The van der Waals surface area contributed by atoms with Crippen LogP contribution in [-0.2, 0) is 6.18 Å². The van der Waals surface area contributed by atoms with Crippen molar-refractivity contribution in [3.8, 4) is 0 Å². The quantitative estimate of drug-likeness (QED) is 0.401. The number of halogens is 4. The van der Waals surface area contributed by atoms with Gasteiger partial charge in [-0.25, -0.2) is 9.38 Å². The maximum atomic E-state index is 13.2. The number of hydrogen-bond donors (Lipinski definition) is 3. The number of alkyl halides is 3. The van der Waals surface area contributed by atoms with Crippen LogP contribution in [0.4, 0.5) is 23.2 Å². The third-order valence-corrected chi connectivity index (χ3v) is 1.75. The van der Waals surface area contributed by atoms with Crippen molar-refractivity contribution in [2.45, 2.75) is 6.18 Å². The van der Waals surface area contributed by atoms with Gasteiger partial charge in [-0.3, -0.25) is 0 Å². The van der Waals surface area contributed by atoms with Gasteiger partial charge < -0.3 is 17.2 Å². The smallest absolute Gasteiger partial charge is 0.370 e. The molecule has 0 unspecified atom stereocenters. The first-order valence-corrected chi connectivity index (χ1v) is 4.50. The van der Waals surface area contributed by atoms with Crippen LogP contribution in [0.1, 0.15) is 5.56 Å². The van der Waals surface area contributed by atoms with E-state index in [9.17, 15) is 17.6 Å². The Labute approximate surface area is 99.0 Å². The highest BCUT2D eigenvalue weighted by atomic mass is 19.4. The number of nitrogens with zero attached hydrogens (tertiary/aromatic N) is 2. The van der Waals surface area contributed by atoms with Crippen molar-refractivity contribution in [2.24, 2.45) is 27.2 Å². The minimum absolute atomic E-state index is 0.441. The summed E-state index contributed by atoms with van der Waals surface area (Å²) in [7, 11) is 0. The van der Waals surface area contributed by atoms with Crippen LogP contribution in [0.3, 0.4) is 0 Å². The molecule has 0 atom stereocenters. The van der Waals surface area contributed by atoms with Crippen LogP contribution < -0.4 is 17.2 Å². The van der Waals surface area contributed by atoms with Crippen molar-refractivity contribution in [2.75, 3.05) is 0 Å². The lowest BCUT2D eigenvalue weighted by Crippen LogP contribution is -2.26. The largest absolute Gasteiger partial charge is 0.416 e. The molecule has 1 aromatic rings. The second-order valence-electron chi connectivity index (χ2n) is 3.17. The molecule has 0 aliphatic carbocycles. The van der Waals surface area contributed by atoms with Crippen LogP contribution in [0.25, 0.3) is 0 Å². The zero-order valence-electron chi connectivity index (χ0n) is 8.87. The Hall–Kier alpha value is -2.32. The van der Waals surface area contributed by atoms with E-state index < -0.39 is 35.2 Å². The van der Waals surface area contributed by atoms with E-state index in [1.807, 2.05) is 0 Å². The molecule has 0 aliphatic heterocycles. The first kappa shape index (κ1) is 13.7. The van der Waals surface area contributed by atoms with Crippen LogP contribution in [0.2, 0.25) is 0 Å². The van der Waals surface area contributed by atoms with Gasteiger partial charge in [0.2, 0.25) is 5.96 Å². The van der Waals surface area contributed by atoms with Gasteiger partial charge in [0.05, 0.1) is 5.56 Å². The molecule has 1 aromatic carbocycles. The van der Waals surface area contributed by atoms with Gasteiger partial charge in [-0.1, -0.05) is 0 Å². The van der Waals surface area contributed by atoms with Crippen molar-refractivity contribution >= 4 is 17.6 Å². The second-order valence-corrected chi connectivity index (χ2v) is 3.17. The SMILES string of the molecule is NC(N)=NC(N)=Nc1cc(C(F)(F)F)ccc1F. The number of guanidine groups is 2. The zero-order valence-corrected chi connectivity index (χ0v) is 8.87. The molecule has 5 nitrogen and oxygen atoms in total. The molecule has 0 saturated carbocycles. The summed E-state index contributed by atoms with van der Waals surface area (Å²) in [5.41, 5.74) is 13.5. The van der Waals surface area contributed by atoms with Crippen molar-refractivity contribution in [3.05, 3.63) is 29.6 Å². The van der Waals surface area contributed by atoms with Gasteiger partial charge in [-0.15, -0.1) is 0 Å². The molecule has 0 bridgehead atoms. The lowest BCUT2D eigenvalue weighted by molar-refractivity contribution is -0.137. The Balaban J connectivity index is 3.21. The molecule has 0 aromatic heterocycles. The average Bonchev–Trinajstić information content (AvgIpc) is 2.18. The van der Waals surface area contributed by atoms with E-state index >= 15 is 0 Å². The van der Waals surface area contributed by atoms with Crippen LogP contribution >= 0.6 is 0 Å². The second kappa shape index (κ2) is 4.90. The predicted molar refractivity (Wildman–Crippen MR) is 58.5 cm³/mol. The molecule has 0 spiro atoms. The summed E-state index contributed by atoms with van der Waals surface area (Å²) in [4.78, 5) is 6.60. The van der Waals surface area contributed by atoms with Gasteiger partial charge in [-0.2, -0.15) is 18.2 Å². The number of aliphatic imine (C=N–C) groups is 2. The minimum atomic E-state index is -4.61. The molecular formula is C9H9F4N5.